The van der Waals surface area contributed by atoms with Gasteiger partial charge in [-0.15, -0.1) is 11.3 Å². The van der Waals surface area contributed by atoms with Gasteiger partial charge in [-0.2, -0.15) is 0 Å². The monoisotopic (exact) mass is 219 g/mol. The highest BCUT2D eigenvalue weighted by atomic mass is 32.1. The van der Waals surface area contributed by atoms with E-state index in [4.69, 9.17) is 0 Å². The Morgan fingerprint density at radius 2 is 2.40 bits per heavy atom. The lowest BCUT2D eigenvalue weighted by atomic mass is 10.2. The minimum Gasteiger partial charge on any atom is -0.304 e. The Bertz CT molecular complexity index is 385. The molecule has 0 aliphatic heterocycles. The van der Waals surface area contributed by atoms with Gasteiger partial charge in [-0.05, 0) is 18.4 Å². The third-order valence-corrected chi connectivity index (χ3v) is 3.23. The molecule has 0 saturated heterocycles. The molecule has 0 radical (unpaired) electrons. The summed E-state index contributed by atoms with van der Waals surface area (Å²) in [6.45, 7) is 2.91. The van der Waals surface area contributed by atoms with Crippen LogP contribution < -0.4 is 5.32 Å². The van der Waals surface area contributed by atoms with Crippen LogP contribution in [-0.4, -0.2) is 9.97 Å². The van der Waals surface area contributed by atoms with Crippen LogP contribution in [0.5, 0.6) is 0 Å². The molecule has 2 rings (SSSR count). The molecule has 0 fully saturated rings. The largest absolute Gasteiger partial charge is 0.304 e. The van der Waals surface area contributed by atoms with E-state index in [2.05, 4.69) is 39.7 Å². The van der Waals surface area contributed by atoms with Gasteiger partial charge < -0.3 is 5.32 Å². The number of nitrogens with one attached hydrogen (secondary N) is 1. The van der Waals surface area contributed by atoms with Crippen LogP contribution in [0, 0.1) is 0 Å². The Hall–Kier alpha value is -1.26. The van der Waals surface area contributed by atoms with Crippen molar-refractivity contribution in [2.24, 2.45) is 0 Å². The van der Waals surface area contributed by atoms with Crippen molar-refractivity contribution in [3.63, 3.8) is 0 Å². The highest BCUT2D eigenvalue weighted by Crippen LogP contribution is 2.18. The molecule has 78 valence electrons. The smallest absolute Gasteiger partial charge is 0.0724 e. The summed E-state index contributed by atoms with van der Waals surface area (Å²) in [5, 5.41) is 5.50. The lowest BCUT2D eigenvalue weighted by molar-refractivity contribution is 0.574. The molecule has 0 aliphatic rings. The van der Waals surface area contributed by atoms with E-state index in [0.717, 1.165) is 12.2 Å². The second-order valence-electron chi connectivity index (χ2n) is 3.31. The summed E-state index contributed by atoms with van der Waals surface area (Å²) in [6, 6.07) is 4.58. The summed E-state index contributed by atoms with van der Waals surface area (Å²) >= 11 is 1.77. The maximum atomic E-state index is 4.21. The van der Waals surface area contributed by atoms with Crippen LogP contribution in [0.3, 0.4) is 0 Å². The van der Waals surface area contributed by atoms with E-state index < -0.39 is 0 Å². The molecule has 2 aromatic rings. The average Bonchev–Trinajstić information content (AvgIpc) is 2.81. The van der Waals surface area contributed by atoms with Crippen molar-refractivity contribution in [3.05, 3.63) is 46.7 Å². The average molecular weight is 219 g/mol. The molecular weight excluding hydrogens is 206 g/mol. The van der Waals surface area contributed by atoms with Crippen molar-refractivity contribution in [3.8, 4) is 0 Å². The molecule has 0 spiro atoms. The Kier molecular flexibility index (Phi) is 3.42. The highest BCUT2D eigenvalue weighted by molar-refractivity contribution is 7.10. The van der Waals surface area contributed by atoms with Crippen LogP contribution in [0.1, 0.15) is 23.5 Å². The minimum absolute atomic E-state index is 0.368. The Morgan fingerprint density at radius 1 is 1.47 bits per heavy atom. The van der Waals surface area contributed by atoms with Crippen molar-refractivity contribution < 1.29 is 0 Å². The van der Waals surface area contributed by atoms with Gasteiger partial charge in [-0.3, -0.25) is 9.97 Å². The van der Waals surface area contributed by atoms with Crippen LogP contribution in [0.4, 0.5) is 0 Å². The SMILES string of the molecule is C[C@H](NCc1cnccn1)c1cccs1. The first-order valence-corrected chi connectivity index (χ1v) is 5.76. The molecule has 1 atom stereocenters. The Morgan fingerprint density at radius 3 is 3.07 bits per heavy atom. The first kappa shape index (κ1) is 10.3. The lowest BCUT2D eigenvalue weighted by Crippen LogP contribution is -2.17. The number of thiophene rings is 1. The third kappa shape index (κ3) is 2.84. The van der Waals surface area contributed by atoms with Crippen molar-refractivity contribution in [2.45, 2.75) is 19.5 Å². The third-order valence-electron chi connectivity index (χ3n) is 2.18. The first-order chi connectivity index (χ1) is 7.36. The molecular formula is C11H13N3S. The summed E-state index contributed by atoms with van der Waals surface area (Å²) < 4.78 is 0. The van der Waals surface area contributed by atoms with Gasteiger partial charge in [0.2, 0.25) is 0 Å². The normalized spacial score (nSPS) is 12.6. The van der Waals surface area contributed by atoms with E-state index in [-0.39, 0.29) is 0 Å². The van der Waals surface area contributed by atoms with Crippen molar-refractivity contribution in [1.29, 1.82) is 0 Å². The van der Waals surface area contributed by atoms with Crippen LogP contribution in [-0.2, 0) is 6.54 Å². The van der Waals surface area contributed by atoms with Crippen molar-refractivity contribution >= 4 is 11.3 Å². The fourth-order valence-corrected chi connectivity index (χ4v) is 2.08. The number of rotatable bonds is 4. The maximum absolute atomic E-state index is 4.21. The van der Waals surface area contributed by atoms with Crippen LogP contribution in [0.25, 0.3) is 0 Å². The van der Waals surface area contributed by atoms with Gasteiger partial charge in [0.1, 0.15) is 0 Å². The Labute approximate surface area is 93.2 Å². The fraction of sp³-hybridized carbons (Fsp3) is 0.273. The molecule has 1 N–H and O–H groups in total. The van der Waals surface area contributed by atoms with Gasteiger partial charge in [0.15, 0.2) is 0 Å². The van der Waals surface area contributed by atoms with Crippen molar-refractivity contribution in [1.82, 2.24) is 15.3 Å². The molecule has 2 aromatic heterocycles. The van der Waals surface area contributed by atoms with Crippen molar-refractivity contribution in [2.75, 3.05) is 0 Å². The molecule has 0 unspecified atom stereocenters. The van der Waals surface area contributed by atoms with Gasteiger partial charge >= 0.3 is 0 Å². The second kappa shape index (κ2) is 5.00. The standard InChI is InChI=1S/C11H13N3S/c1-9(11-3-2-6-15-11)14-8-10-7-12-4-5-13-10/h2-7,9,14H,8H2,1H3/t9-/m0/s1. The zero-order chi connectivity index (χ0) is 10.5. The van der Waals surface area contributed by atoms with Gasteiger partial charge in [0.05, 0.1) is 5.69 Å². The minimum atomic E-state index is 0.368. The number of nitrogens with zero attached hydrogens (tertiary/aromatic N) is 2. The predicted molar refractivity (Wildman–Crippen MR) is 61.6 cm³/mol. The molecule has 0 bridgehead atoms. The summed E-state index contributed by atoms with van der Waals surface area (Å²) in [5.74, 6) is 0. The van der Waals surface area contributed by atoms with Gasteiger partial charge in [0, 0.05) is 36.1 Å². The molecule has 0 amide bonds. The van der Waals surface area contributed by atoms with Gasteiger partial charge in [0.25, 0.3) is 0 Å². The zero-order valence-corrected chi connectivity index (χ0v) is 9.37. The van der Waals surface area contributed by atoms with E-state index in [9.17, 15) is 0 Å². The molecule has 0 aromatic carbocycles. The maximum Gasteiger partial charge on any atom is 0.0724 e. The van der Waals surface area contributed by atoms with E-state index in [1.807, 2.05) is 0 Å². The van der Waals surface area contributed by atoms with E-state index in [0.29, 0.717) is 6.04 Å². The van der Waals surface area contributed by atoms with E-state index >= 15 is 0 Å². The summed E-state index contributed by atoms with van der Waals surface area (Å²) in [4.78, 5) is 9.58. The summed E-state index contributed by atoms with van der Waals surface area (Å²) in [6.07, 6.45) is 5.19. The second-order valence-corrected chi connectivity index (χ2v) is 4.29. The van der Waals surface area contributed by atoms with Gasteiger partial charge in [-0.25, -0.2) is 0 Å². The number of hydrogen-bond acceptors (Lipinski definition) is 4. The Balaban J connectivity index is 1.89. The first-order valence-electron chi connectivity index (χ1n) is 4.88. The quantitative estimate of drug-likeness (QED) is 0.858. The summed E-state index contributed by atoms with van der Waals surface area (Å²) in [7, 11) is 0. The molecule has 15 heavy (non-hydrogen) atoms. The van der Waals surface area contributed by atoms with Crippen LogP contribution in [0.15, 0.2) is 36.1 Å². The lowest BCUT2D eigenvalue weighted by Gasteiger charge is -2.10. The number of hydrogen-bond donors (Lipinski definition) is 1. The highest BCUT2D eigenvalue weighted by Gasteiger charge is 2.05. The van der Waals surface area contributed by atoms with Gasteiger partial charge in [-0.1, -0.05) is 6.07 Å². The van der Waals surface area contributed by atoms with Crippen LogP contribution >= 0.6 is 11.3 Å². The summed E-state index contributed by atoms with van der Waals surface area (Å²) in [5.41, 5.74) is 0.973. The van der Waals surface area contributed by atoms with Crippen LogP contribution in [0.2, 0.25) is 0 Å². The van der Waals surface area contributed by atoms with E-state index in [1.165, 1.54) is 4.88 Å². The zero-order valence-electron chi connectivity index (χ0n) is 8.55. The predicted octanol–water partition coefficient (Wildman–Crippen LogP) is 2.39. The topological polar surface area (TPSA) is 37.8 Å². The molecule has 0 saturated carbocycles. The number of aromatic nitrogens is 2. The molecule has 3 nitrogen and oxygen atoms in total. The fourth-order valence-electron chi connectivity index (χ4n) is 1.32. The molecule has 2 heterocycles. The van der Waals surface area contributed by atoms with E-state index in [1.54, 1.807) is 29.9 Å². The molecule has 0 aliphatic carbocycles. The molecule has 4 heteroatoms.